The lowest BCUT2D eigenvalue weighted by Crippen LogP contribution is -2.16. The van der Waals surface area contributed by atoms with Gasteiger partial charge < -0.3 is 5.73 Å². The second-order valence-electron chi connectivity index (χ2n) is 4.07. The highest BCUT2D eigenvalue weighted by Crippen LogP contribution is 2.23. The van der Waals surface area contributed by atoms with Crippen LogP contribution in [0.2, 0.25) is 0 Å². The van der Waals surface area contributed by atoms with Gasteiger partial charge >= 0.3 is 0 Å². The maximum absolute atomic E-state index is 13.6. The zero-order chi connectivity index (χ0) is 15.6. The van der Waals surface area contributed by atoms with Gasteiger partial charge in [0.05, 0.1) is 5.69 Å². The van der Waals surface area contributed by atoms with E-state index in [2.05, 4.69) is 0 Å². The Hall–Kier alpha value is -2.66. The van der Waals surface area contributed by atoms with Gasteiger partial charge in [0.25, 0.3) is 10.0 Å². The number of sulfonamides is 1. The normalized spacial score (nSPS) is 10.9. The summed E-state index contributed by atoms with van der Waals surface area (Å²) in [6, 6.07) is 8.00. The Morgan fingerprint density at radius 2 is 1.86 bits per heavy atom. The fourth-order valence-corrected chi connectivity index (χ4v) is 2.89. The first-order valence-electron chi connectivity index (χ1n) is 5.61. The number of halogens is 2. The highest BCUT2D eigenvalue weighted by atomic mass is 32.2. The summed E-state index contributed by atoms with van der Waals surface area (Å²) in [5.74, 6) is -1.85. The number of rotatable bonds is 3. The number of nitrogens with one attached hydrogen (secondary N) is 1. The number of nitrogens with zero attached hydrogens (tertiary/aromatic N) is 1. The monoisotopic (exact) mass is 309 g/mol. The lowest BCUT2D eigenvalue weighted by atomic mass is 10.2. The molecule has 2 rings (SSSR count). The number of benzene rings is 2. The Morgan fingerprint density at radius 1 is 1.14 bits per heavy atom. The molecule has 2 aromatic rings. The zero-order valence-electron chi connectivity index (χ0n) is 10.5. The van der Waals surface area contributed by atoms with Crippen LogP contribution in [-0.2, 0) is 10.0 Å². The van der Waals surface area contributed by atoms with Crippen LogP contribution in [0.4, 0.5) is 20.2 Å². The summed E-state index contributed by atoms with van der Waals surface area (Å²) in [5.41, 5.74) is 4.49. The smallest absolute Gasteiger partial charge is 0.263 e. The third-order valence-electron chi connectivity index (χ3n) is 2.61. The summed E-state index contributed by atoms with van der Waals surface area (Å²) >= 11 is 0. The topological polar surface area (TPSA) is 96.0 Å². The van der Waals surface area contributed by atoms with Crippen LogP contribution in [0.25, 0.3) is 0 Å². The highest BCUT2D eigenvalue weighted by Gasteiger charge is 2.22. The van der Waals surface area contributed by atoms with Gasteiger partial charge in [-0.05, 0) is 30.3 Å². The van der Waals surface area contributed by atoms with Crippen LogP contribution in [0.5, 0.6) is 0 Å². The molecule has 0 atom stereocenters. The van der Waals surface area contributed by atoms with Crippen molar-refractivity contribution in [2.45, 2.75) is 4.90 Å². The lowest BCUT2D eigenvalue weighted by molar-refractivity contribution is 0.592. The predicted octanol–water partition coefficient (Wildman–Crippen LogP) is 2.22. The third kappa shape index (κ3) is 2.93. The number of nitrogen functional groups attached to an aromatic ring is 1. The molecule has 0 bridgehead atoms. The van der Waals surface area contributed by atoms with Gasteiger partial charge in [-0.1, -0.05) is 6.07 Å². The maximum Gasteiger partial charge on any atom is 0.263 e. The minimum absolute atomic E-state index is 0.124. The van der Waals surface area contributed by atoms with E-state index in [9.17, 15) is 17.2 Å². The zero-order valence-corrected chi connectivity index (χ0v) is 11.3. The van der Waals surface area contributed by atoms with Crippen LogP contribution in [0.1, 0.15) is 5.56 Å². The van der Waals surface area contributed by atoms with Gasteiger partial charge in [0.1, 0.15) is 28.2 Å². The van der Waals surface area contributed by atoms with Gasteiger partial charge in [0.2, 0.25) is 0 Å². The number of nitrogens with two attached hydrogens (primary N) is 1. The fraction of sp³-hybridized carbons (Fsp3) is 0. The van der Waals surface area contributed by atoms with Gasteiger partial charge in [-0.15, -0.1) is 0 Å². The van der Waals surface area contributed by atoms with Crippen molar-refractivity contribution < 1.29 is 17.2 Å². The minimum atomic E-state index is -4.31. The molecule has 0 amide bonds. The third-order valence-corrected chi connectivity index (χ3v) is 4.02. The molecule has 0 heterocycles. The van der Waals surface area contributed by atoms with Crippen molar-refractivity contribution in [1.29, 1.82) is 5.26 Å². The van der Waals surface area contributed by atoms with Crippen molar-refractivity contribution >= 4 is 21.4 Å². The molecule has 0 saturated carbocycles. The summed E-state index contributed by atoms with van der Waals surface area (Å²) in [6.45, 7) is 0. The van der Waals surface area contributed by atoms with E-state index >= 15 is 0 Å². The van der Waals surface area contributed by atoms with Crippen LogP contribution >= 0.6 is 0 Å². The van der Waals surface area contributed by atoms with Gasteiger partial charge in [-0.2, -0.15) is 5.26 Å². The molecule has 0 fully saturated rings. The molecule has 0 aliphatic rings. The Labute approximate surface area is 119 Å². The Morgan fingerprint density at radius 3 is 2.48 bits per heavy atom. The van der Waals surface area contributed by atoms with Crippen LogP contribution in [0.3, 0.4) is 0 Å². The van der Waals surface area contributed by atoms with Crippen molar-refractivity contribution in [3.05, 3.63) is 53.6 Å². The van der Waals surface area contributed by atoms with Crippen molar-refractivity contribution in [2.24, 2.45) is 0 Å². The Bertz CT molecular complexity index is 845. The van der Waals surface area contributed by atoms with E-state index in [0.717, 1.165) is 30.3 Å². The first kappa shape index (κ1) is 14.7. The molecule has 0 spiro atoms. The van der Waals surface area contributed by atoms with Crippen molar-refractivity contribution in [2.75, 3.05) is 10.5 Å². The summed E-state index contributed by atoms with van der Waals surface area (Å²) in [7, 11) is -4.31. The molecule has 0 aliphatic heterocycles. The molecule has 0 aromatic heterocycles. The average Bonchev–Trinajstić information content (AvgIpc) is 2.41. The molecule has 3 N–H and O–H groups in total. The van der Waals surface area contributed by atoms with Gasteiger partial charge in [0.15, 0.2) is 0 Å². The van der Waals surface area contributed by atoms with E-state index in [1.54, 1.807) is 0 Å². The molecule has 0 radical (unpaired) electrons. The SMILES string of the molecule is N#Cc1c(F)cccc1S(=O)(=O)Nc1ccc(N)cc1F. The lowest BCUT2D eigenvalue weighted by Gasteiger charge is -2.10. The molecule has 8 heteroatoms. The summed E-state index contributed by atoms with van der Waals surface area (Å²) < 4.78 is 53.3. The first-order chi connectivity index (χ1) is 9.85. The molecule has 0 aliphatic carbocycles. The van der Waals surface area contributed by atoms with E-state index in [-0.39, 0.29) is 11.4 Å². The van der Waals surface area contributed by atoms with E-state index in [0.29, 0.717) is 0 Å². The van der Waals surface area contributed by atoms with Crippen LogP contribution in [0.15, 0.2) is 41.3 Å². The predicted molar refractivity (Wildman–Crippen MR) is 72.7 cm³/mol. The molecule has 5 nitrogen and oxygen atoms in total. The molecule has 0 saturated heterocycles. The van der Waals surface area contributed by atoms with E-state index in [4.69, 9.17) is 11.0 Å². The average molecular weight is 309 g/mol. The number of nitriles is 1. The molecule has 108 valence electrons. The number of hydrogen-bond donors (Lipinski definition) is 2. The Balaban J connectivity index is 2.49. The van der Waals surface area contributed by atoms with E-state index < -0.39 is 32.1 Å². The number of anilines is 2. The Kier molecular flexibility index (Phi) is 3.78. The van der Waals surface area contributed by atoms with Gasteiger partial charge in [-0.3, -0.25) is 4.72 Å². The summed E-state index contributed by atoms with van der Waals surface area (Å²) in [4.78, 5) is -0.568. The standard InChI is InChI=1S/C13H9F2N3O2S/c14-10-2-1-3-13(9(10)7-16)21(19,20)18-12-5-4-8(17)6-11(12)15/h1-6,18H,17H2. The summed E-state index contributed by atoms with van der Waals surface area (Å²) in [6.07, 6.45) is 0. The van der Waals surface area contributed by atoms with Gasteiger partial charge in [0, 0.05) is 5.69 Å². The van der Waals surface area contributed by atoms with Crippen LogP contribution in [-0.4, -0.2) is 8.42 Å². The molecule has 2 aromatic carbocycles. The summed E-state index contributed by atoms with van der Waals surface area (Å²) in [5, 5.41) is 8.85. The minimum Gasteiger partial charge on any atom is -0.399 e. The van der Waals surface area contributed by atoms with Crippen molar-refractivity contribution in [1.82, 2.24) is 0 Å². The fourth-order valence-electron chi connectivity index (χ4n) is 1.65. The largest absolute Gasteiger partial charge is 0.399 e. The van der Waals surface area contributed by atoms with E-state index in [1.807, 2.05) is 4.72 Å². The maximum atomic E-state index is 13.6. The number of hydrogen-bond acceptors (Lipinski definition) is 4. The second kappa shape index (κ2) is 5.38. The van der Waals surface area contributed by atoms with Crippen molar-refractivity contribution in [3.63, 3.8) is 0 Å². The van der Waals surface area contributed by atoms with Crippen LogP contribution in [0, 0.1) is 23.0 Å². The molecular formula is C13H9F2N3O2S. The first-order valence-corrected chi connectivity index (χ1v) is 7.10. The quantitative estimate of drug-likeness (QED) is 0.850. The molecule has 0 unspecified atom stereocenters. The van der Waals surface area contributed by atoms with Crippen LogP contribution < -0.4 is 10.5 Å². The highest BCUT2D eigenvalue weighted by molar-refractivity contribution is 7.92. The second-order valence-corrected chi connectivity index (χ2v) is 5.72. The molecular weight excluding hydrogens is 300 g/mol. The molecule has 21 heavy (non-hydrogen) atoms. The van der Waals surface area contributed by atoms with Crippen molar-refractivity contribution in [3.8, 4) is 6.07 Å². The van der Waals surface area contributed by atoms with Gasteiger partial charge in [-0.25, -0.2) is 17.2 Å². The van der Waals surface area contributed by atoms with E-state index in [1.165, 1.54) is 12.1 Å².